The van der Waals surface area contributed by atoms with Crippen LogP contribution in [0.2, 0.25) is 0 Å². The number of rotatable bonds is 7. The second kappa shape index (κ2) is 8.60. The lowest BCUT2D eigenvalue weighted by Gasteiger charge is -2.13. The van der Waals surface area contributed by atoms with Crippen LogP contribution >= 0.6 is 12.2 Å². The van der Waals surface area contributed by atoms with Crippen LogP contribution < -0.4 is 9.47 Å². The summed E-state index contributed by atoms with van der Waals surface area (Å²) in [7, 11) is 3.26. The second-order valence-electron chi connectivity index (χ2n) is 5.52. The van der Waals surface area contributed by atoms with E-state index in [2.05, 4.69) is 6.92 Å². The van der Waals surface area contributed by atoms with Gasteiger partial charge < -0.3 is 9.47 Å². The molecule has 0 saturated carbocycles. The smallest absolute Gasteiger partial charge is 0.185 e. The Morgan fingerprint density at radius 2 is 1.96 bits per heavy atom. The van der Waals surface area contributed by atoms with Crippen LogP contribution in [0.4, 0.5) is 0 Å². The van der Waals surface area contributed by atoms with Crippen molar-refractivity contribution in [2.75, 3.05) is 14.2 Å². The summed E-state index contributed by atoms with van der Waals surface area (Å²) in [6.45, 7) is 2.12. The minimum Gasteiger partial charge on any atom is -0.496 e. The highest BCUT2D eigenvalue weighted by Gasteiger charge is 2.11. The zero-order valence-electron chi connectivity index (χ0n) is 14.3. The number of hydrogen-bond acceptors (Lipinski definition) is 4. The fraction of sp³-hybridized carbons (Fsp3) is 0.300. The van der Waals surface area contributed by atoms with Gasteiger partial charge in [0.15, 0.2) is 5.78 Å². The predicted octanol–water partition coefficient (Wildman–Crippen LogP) is 4.49. The van der Waals surface area contributed by atoms with Crippen molar-refractivity contribution in [1.29, 1.82) is 0 Å². The fourth-order valence-corrected chi connectivity index (χ4v) is 2.71. The summed E-state index contributed by atoms with van der Waals surface area (Å²) >= 11 is 5.09. The van der Waals surface area contributed by atoms with Crippen molar-refractivity contribution in [2.45, 2.75) is 26.2 Å². The molecule has 1 aromatic rings. The molecule has 1 aliphatic rings. The zero-order chi connectivity index (χ0) is 17.5. The molecule has 0 bridgehead atoms. The minimum atomic E-state index is -0.0383. The van der Waals surface area contributed by atoms with Crippen LogP contribution in [0.15, 0.2) is 42.0 Å². The summed E-state index contributed by atoms with van der Waals surface area (Å²) in [5, 5.41) is 0. The lowest BCUT2D eigenvalue weighted by Crippen LogP contribution is -2.02. The van der Waals surface area contributed by atoms with Gasteiger partial charge in [-0.2, -0.15) is 0 Å². The molecule has 3 nitrogen and oxygen atoms in total. The van der Waals surface area contributed by atoms with Crippen molar-refractivity contribution in [3.8, 4) is 11.5 Å². The number of aryl methyl sites for hydroxylation is 1. The number of carbonyl (C=O) groups excluding carboxylic acids is 1. The van der Waals surface area contributed by atoms with Gasteiger partial charge in [0.05, 0.1) is 14.2 Å². The van der Waals surface area contributed by atoms with Gasteiger partial charge in [-0.15, -0.1) is 0 Å². The average Bonchev–Trinajstić information content (AvgIpc) is 2.60. The normalized spacial score (nSPS) is 14.0. The first kappa shape index (κ1) is 18.1. The van der Waals surface area contributed by atoms with Crippen molar-refractivity contribution >= 4 is 28.9 Å². The van der Waals surface area contributed by atoms with Crippen LogP contribution in [-0.2, 0) is 11.2 Å². The molecular weight excluding hydrogens is 320 g/mol. The third-order valence-electron chi connectivity index (χ3n) is 3.82. The molecule has 1 aromatic carbocycles. The van der Waals surface area contributed by atoms with Gasteiger partial charge in [-0.3, -0.25) is 4.79 Å². The molecule has 0 fully saturated rings. The van der Waals surface area contributed by atoms with Crippen LogP contribution in [-0.4, -0.2) is 24.9 Å². The number of carbonyl (C=O) groups is 1. The maximum atomic E-state index is 12.3. The molecule has 0 amide bonds. The third kappa shape index (κ3) is 4.42. The molecule has 0 N–H and O–H groups in total. The Bertz CT molecular complexity index is 727. The maximum Gasteiger partial charge on any atom is 0.185 e. The van der Waals surface area contributed by atoms with E-state index >= 15 is 0 Å². The van der Waals surface area contributed by atoms with Gasteiger partial charge in [0.1, 0.15) is 11.5 Å². The summed E-state index contributed by atoms with van der Waals surface area (Å²) in [5.74, 6) is 1.46. The van der Waals surface area contributed by atoms with Crippen molar-refractivity contribution in [2.24, 2.45) is 0 Å². The molecule has 126 valence electrons. The largest absolute Gasteiger partial charge is 0.496 e. The number of thiocarbonyl (C=S) groups is 1. The highest BCUT2D eigenvalue weighted by Crippen LogP contribution is 2.31. The second-order valence-corrected chi connectivity index (χ2v) is 6.04. The topological polar surface area (TPSA) is 35.5 Å². The van der Waals surface area contributed by atoms with E-state index in [1.807, 2.05) is 24.3 Å². The molecule has 0 aromatic heterocycles. The molecule has 0 unspecified atom stereocenters. The highest BCUT2D eigenvalue weighted by molar-refractivity contribution is 7.80. The summed E-state index contributed by atoms with van der Waals surface area (Å²) in [4.78, 5) is 13.1. The van der Waals surface area contributed by atoms with Gasteiger partial charge in [-0.25, -0.2) is 0 Å². The van der Waals surface area contributed by atoms with Crippen molar-refractivity contribution < 1.29 is 14.3 Å². The highest BCUT2D eigenvalue weighted by atomic mass is 32.1. The molecule has 0 saturated heterocycles. The summed E-state index contributed by atoms with van der Waals surface area (Å²) in [6.07, 6.45) is 11.4. The maximum absolute atomic E-state index is 12.3. The van der Waals surface area contributed by atoms with Gasteiger partial charge >= 0.3 is 0 Å². The number of hydrogen-bond donors (Lipinski definition) is 0. The van der Waals surface area contributed by atoms with Crippen LogP contribution in [0.1, 0.15) is 30.9 Å². The Hall–Kier alpha value is -2.20. The molecule has 1 aliphatic carbocycles. The summed E-state index contributed by atoms with van der Waals surface area (Å²) in [6, 6.07) is 3.89. The molecule has 2 rings (SSSR count). The Morgan fingerprint density at radius 3 is 2.54 bits per heavy atom. The van der Waals surface area contributed by atoms with E-state index in [1.54, 1.807) is 32.4 Å². The first-order valence-corrected chi connectivity index (χ1v) is 8.38. The van der Waals surface area contributed by atoms with Crippen LogP contribution in [0.5, 0.6) is 11.5 Å². The zero-order valence-corrected chi connectivity index (χ0v) is 15.1. The van der Waals surface area contributed by atoms with E-state index in [1.165, 1.54) is 0 Å². The van der Waals surface area contributed by atoms with E-state index in [9.17, 15) is 4.79 Å². The average molecular weight is 342 g/mol. The van der Waals surface area contributed by atoms with Crippen LogP contribution in [0.25, 0.3) is 6.08 Å². The van der Waals surface area contributed by atoms with Crippen molar-refractivity contribution in [1.82, 2.24) is 0 Å². The van der Waals surface area contributed by atoms with Gasteiger partial charge in [-0.05, 0) is 36.3 Å². The monoisotopic (exact) mass is 342 g/mol. The Labute approximate surface area is 148 Å². The predicted molar refractivity (Wildman–Crippen MR) is 102 cm³/mol. The van der Waals surface area contributed by atoms with E-state index in [0.29, 0.717) is 17.7 Å². The Balaban J connectivity index is 2.27. The molecule has 0 heterocycles. The third-order valence-corrected chi connectivity index (χ3v) is 4.13. The van der Waals surface area contributed by atoms with E-state index in [4.69, 9.17) is 21.7 Å². The number of ether oxygens (including phenoxy) is 2. The Morgan fingerprint density at radius 1 is 1.21 bits per heavy atom. The Kier molecular flexibility index (Phi) is 6.50. The quantitative estimate of drug-likeness (QED) is 0.540. The fourth-order valence-electron chi connectivity index (χ4n) is 2.56. The first-order valence-electron chi connectivity index (χ1n) is 7.97. The van der Waals surface area contributed by atoms with E-state index < -0.39 is 0 Å². The van der Waals surface area contributed by atoms with Crippen molar-refractivity contribution in [3.05, 3.63) is 53.1 Å². The summed E-state index contributed by atoms with van der Waals surface area (Å²) in [5.41, 5.74) is 2.64. The summed E-state index contributed by atoms with van der Waals surface area (Å²) < 4.78 is 10.8. The van der Waals surface area contributed by atoms with Crippen LogP contribution in [0, 0.1) is 0 Å². The van der Waals surface area contributed by atoms with Gasteiger partial charge in [0.25, 0.3) is 0 Å². The first-order chi connectivity index (χ1) is 11.6. The van der Waals surface area contributed by atoms with Gasteiger partial charge in [-0.1, -0.05) is 37.7 Å². The number of allylic oxidation sites excluding steroid dienone is 5. The van der Waals surface area contributed by atoms with Crippen molar-refractivity contribution in [3.63, 3.8) is 0 Å². The van der Waals surface area contributed by atoms with Gasteiger partial charge in [0, 0.05) is 28.5 Å². The SMILES string of the molecule is CCCc1cc(C=CC(=O)C2=CCC(=S)C=C2)c(OC)cc1OC. The molecule has 4 heteroatoms. The van der Waals surface area contributed by atoms with Crippen LogP contribution in [0.3, 0.4) is 0 Å². The van der Waals surface area contributed by atoms with E-state index in [-0.39, 0.29) is 5.78 Å². The lowest BCUT2D eigenvalue weighted by atomic mass is 10.0. The minimum absolute atomic E-state index is 0.0383. The molecule has 24 heavy (non-hydrogen) atoms. The molecule has 0 aliphatic heterocycles. The standard InChI is InChI=1S/C20H22O3S/c1-4-5-15-12-16(20(23-3)13-19(15)22-2)8-11-18(21)14-6-9-17(24)10-7-14/h6-9,11-13H,4-5,10H2,1-3H3. The number of ketones is 1. The van der Waals surface area contributed by atoms with Gasteiger partial charge in [0.2, 0.25) is 0 Å². The lowest BCUT2D eigenvalue weighted by molar-refractivity contribution is -0.111. The van der Waals surface area contributed by atoms with E-state index in [0.717, 1.165) is 34.6 Å². The number of methoxy groups -OCH3 is 2. The molecule has 0 spiro atoms. The molecular formula is C20H22O3S. The molecule has 0 atom stereocenters. The number of benzene rings is 1. The molecule has 0 radical (unpaired) electrons.